The Bertz CT molecular complexity index is 759. The van der Waals surface area contributed by atoms with Crippen LogP contribution in [0, 0.1) is 0 Å². The standard InChI is InChI=1S/C18H26N2O5S/c1-25-12-11-20-26(23,24)15-7-8-17(16(13-15)18(21)22)19-10-9-14-5-3-2-4-6-14/h5,7-8,13,19-20H,2-4,6,9-12H2,1H3,(H,21,22). The molecule has 0 heterocycles. The summed E-state index contributed by atoms with van der Waals surface area (Å²) in [5.74, 6) is -1.17. The topological polar surface area (TPSA) is 105 Å². The zero-order chi connectivity index (χ0) is 19.0. The molecule has 2 rings (SSSR count). The third-order valence-electron chi connectivity index (χ3n) is 4.28. The van der Waals surface area contributed by atoms with Gasteiger partial charge in [-0.3, -0.25) is 0 Å². The molecule has 0 unspecified atom stereocenters. The van der Waals surface area contributed by atoms with Crippen LogP contribution in [0.15, 0.2) is 34.7 Å². The number of allylic oxidation sites excluding steroid dienone is 1. The number of benzene rings is 1. The summed E-state index contributed by atoms with van der Waals surface area (Å²) in [5.41, 5.74) is 1.75. The van der Waals surface area contributed by atoms with Crippen molar-refractivity contribution in [3.63, 3.8) is 0 Å². The first-order chi connectivity index (χ1) is 12.4. The molecule has 7 nitrogen and oxygen atoms in total. The van der Waals surface area contributed by atoms with Gasteiger partial charge in [-0.25, -0.2) is 17.9 Å². The predicted molar refractivity (Wildman–Crippen MR) is 100 cm³/mol. The highest BCUT2D eigenvalue weighted by molar-refractivity contribution is 7.89. The Morgan fingerprint density at radius 3 is 2.73 bits per heavy atom. The molecular formula is C18H26N2O5S. The first-order valence-electron chi connectivity index (χ1n) is 8.72. The molecule has 1 aromatic carbocycles. The lowest BCUT2D eigenvalue weighted by Crippen LogP contribution is -2.27. The smallest absolute Gasteiger partial charge is 0.337 e. The van der Waals surface area contributed by atoms with Gasteiger partial charge in [-0.1, -0.05) is 11.6 Å². The molecule has 144 valence electrons. The van der Waals surface area contributed by atoms with E-state index in [1.54, 1.807) is 0 Å². The number of carboxylic acids is 1. The molecule has 1 aromatic rings. The highest BCUT2D eigenvalue weighted by atomic mass is 32.2. The van der Waals surface area contributed by atoms with Crippen LogP contribution in [0.25, 0.3) is 0 Å². The molecule has 0 saturated heterocycles. The number of methoxy groups -OCH3 is 1. The van der Waals surface area contributed by atoms with Crippen molar-refractivity contribution in [2.75, 3.05) is 32.1 Å². The molecule has 0 radical (unpaired) electrons. The summed E-state index contributed by atoms with van der Waals surface area (Å²) in [7, 11) is -2.30. The lowest BCUT2D eigenvalue weighted by molar-refractivity contribution is 0.0697. The summed E-state index contributed by atoms with van der Waals surface area (Å²) in [4.78, 5) is 11.5. The van der Waals surface area contributed by atoms with Gasteiger partial charge in [0.25, 0.3) is 0 Å². The first-order valence-corrected chi connectivity index (χ1v) is 10.2. The highest BCUT2D eigenvalue weighted by Crippen LogP contribution is 2.23. The second kappa shape index (κ2) is 9.70. The zero-order valence-corrected chi connectivity index (χ0v) is 15.8. The van der Waals surface area contributed by atoms with Gasteiger partial charge in [-0.2, -0.15) is 0 Å². The van der Waals surface area contributed by atoms with E-state index in [9.17, 15) is 18.3 Å². The van der Waals surface area contributed by atoms with Crippen LogP contribution in [0.5, 0.6) is 0 Å². The number of rotatable bonds is 10. The van der Waals surface area contributed by atoms with E-state index in [0.717, 1.165) is 19.3 Å². The van der Waals surface area contributed by atoms with Crippen molar-refractivity contribution in [3.8, 4) is 0 Å². The maximum Gasteiger partial charge on any atom is 0.337 e. The second-order valence-corrected chi connectivity index (χ2v) is 7.96. The molecule has 0 bridgehead atoms. The van der Waals surface area contributed by atoms with Gasteiger partial charge in [-0.15, -0.1) is 0 Å². The molecule has 0 aromatic heterocycles. The molecule has 0 atom stereocenters. The zero-order valence-electron chi connectivity index (χ0n) is 15.0. The molecule has 1 aliphatic rings. The molecular weight excluding hydrogens is 356 g/mol. The van der Waals surface area contributed by atoms with E-state index in [0.29, 0.717) is 12.2 Å². The summed E-state index contributed by atoms with van der Waals surface area (Å²) < 4.78 is 31.6. The summed E-state index contributed by atoms with van der Waals surface area (Å²) in [5, 5.41) is 12.5. The Morgan fingerprint density at radius 2 is 2.08 bits per heavy atom. The number of ether oxygens (including phenoxy) is 1. The fourth-order valence-electron chi connectivity index (χ4n) is 2.87. The van der Waals surface area contributed by atoms with Gasteiger partial charge in [-0.05, 0) is 50.3 Å². The molecule has 3 N–H and O–H groups in total. The minimum atomic E-state index is -3.77. The van der Waals surface area contributed by atoms with Gasteiger partial charge in [0.1, 0.15) is 0 Å². The predicted octanol–water partition coefficient (Wildman–Crippen LogP) is 2.61. The van der Waals surface area contributed by atoms with Crippen molar-refractivity contribution in [2.45, 2.75) is 37.0 Å². The molecule has 0 spiro atoms. The van der Waals surface area contributed by atoms with Crippen LogP contribution in [0.3, 0.4) is 0 Å². The molecule has 26 heavy (non-hydrogen) atoms. The van der Waals surface area contributed by atoms with Crippen LogP contribution in [-0.4, -0.2) is 46.3 Å². The molecule has 0 amide bonds. The van der Waals surface area contributed by atoms with Crippen molar-refractivity contribution in [3.05, 3.63) is 35.4 Å². The maximum atomic E-state index is 12.2. The Balaban J connectivity index is 2.07. The van der Waals surface area contributed by atoms with Gasteiger partial charge in [0, 0.05) is 25.9 Å². The van der Waals surface area contributed by atoms with Crippen LogP contribution < -0.4 is 10.0 Å². The lowest BCUT2D eigenvalue weighted by Gasteiger charge is -2.15. The first kappa shape index (κ1) is 20.4. The van der Waals surface area contributed by atoms with Gasteiger partial charge in [0.15, 0.2) is 0 Å². The lowest BCUT2D eigenvalue weighted by atomic mass is 9.97. The van der Waals surface area contributed by atoms with Crippen LogP contribution in [-0.2, 0) is 14.8 Å². The molecule has 0 saturated carbocycles. The fraction of sp³-hybridized carbons (Fsp3) is 0.500. The Morgan fingerprint density at radius 1 is 1.27 bits per heavy atom. The maximum absolute atomic E-state index is 12.2. The third-order valence-corrected chi connectivity index (χ3v) is 5.74. The molecule has 0 aliphatic heterocycles. The van der Waals surface area contributed by atoms with Gasteiger partial charge in [0.05, 0.1) is 17.1 Å². The average Bonchev–Trinajstić information content (AvgIpc) is 2.62. The van der Waals surface area contributed by atoms with E-state index in [1.165, 1.54) is 43.7 Å². The van der Waals surface area contributed by atoms with Crippen LogP contribution in [0.4, 0.5) is 5.69 Å². The van der Waals surface area contributed by atoms with E-state index >= 15 is 0 Å². The van der Waals surface area contributed by atoms with Crippen LogP contribution in [0.2, 0.25) is 0 Å². The van der Waals surface area contributed by atoms with Crippen LogP contribution in [0.1, 0.15) is 42.5 Å². The van der Waals surface area contributed by atoms with Crippen molar-refractivity contribution in [1.82, 2.24) is 4.72 Å². The summed E-state index contributed by atoms with van der Waals surface area (Å²) in [6.45, 7) is 0.973. The molecule has 1 aliphatic carbocycles. The summed E-state index contributed by atoms with van der Waals surface area (Å²) in [6, 6.07) is 4.09. The minimum Gasteiger partial charge on any atom is -0.478 e. The van der Waals surface area contributed by atoms with E-state index in [1.807, 2.05) is 0 Å². The largest absolute Gasteiger partial charge is 0.478 e. The number of carboxylic acid groups (broad SMARTS) is 1. The van der Waals surface area contributed by atoms with Crippen molar-refractivity contribution in [1.29, 1.82) is 0 Å². The van der Waals surface area contributed by atoms with Crippen molar-refractivity contribution in [2.24, 2.45) is 0 Å². The Labute approximate surface area is 154 Å². The Hall–Kier alpha value is -1.90. The van der Waals surface area contributed by atoms with E-state index in [-0.39, 0.29) is 23.6 Å². The minimum absolute atomic E-state index is 0.0581. The van der Waals surface area contributed by atoms with Crippen molar-refractivity contribution < 1.29 is 23.1 Å². The number of sulfonamides is 1. The average molecular weight is 382 g/mol. The number of aromatic carboxylic acids is 1. The number of hydrogen-bond acceptors (Lipinski definition) is 5. The number of nitrogens with one attached hydrogen (secondary N) is 2. The van der Waals surface area contributed by atoms with E-state index in [2.05, 4.69) is 16.1 Å². The van der Waals surface area contributed by atoms with Gasteiger partial charge < -0.3 is 15.2 Å². The third kappa shape index (κ3) is 5.82. The molecule has 0 fully saturated rings. The number of anilines is 1. The highest BCUT2D eigenvalue weighted by Gasteiger charge is 2.18. The van der Waals surface area contributed by atoms with E-state index < -0.39 is 16.0 Å². The van der Waals surface area contributed by atoms with E-state index in [4.69, 9.17) is 4.74 Å². The number of hydrogen-bond donors (Lipinski definition) is 3. The van der Waals surface area contributed by atoms with Crippen molar-refractivity contribution >= 4 is 21.7 Å². The number of carbonyl (C=O) groups is 1. The van der Waals surface area contributed by atoms with Crippen LogP contribution >= 0.6 is 0 Å². The van der Waals surface area contributed by atoms with Gasteiger partial charge in [0.2, 0.25) is 10.0 Å². The molecule has 8 heteroatoms. The Kier molecular flexibility index (Phi) is 7.62. The fourth-order valence-corrected chi connectivity index (χ4v) is 3.91. The summed E-state index contributed by atoms with van der Waals surface area (Å²) >= 11 is 0. The normalized spacial score (nSPS) is 14.7. The van der Waals surface area contributed by atoms with Gasteiger partial charge >= 0.3 is 5.97 Å². The quantitative estimate of drug-likeness (QED) is 0.424. The summed E-state index contributed by atoms with van der Waals surface area (Å²) in [6.07, 6.45) is 7.75. The monoisotopic (exact) mass is 382 g/mol. The second-order valence-electron chi connectivity index (χ2n) is 6.19. The SMILES string of the molecule is COCCNS(=O)(=O)c1ccc(NCCC2=CCCCC2)c(C(=O)O)c1.